The molecule has 2 N–H and O–H groups in total. The van der Waals surface area contributed by atoms with Gasteiger partial charge in [-0.05, 0) is 24.6 Å². The molecule has 2 heterocycles. The average Bonchev–Trinajstić information content (AvgIpc) is 3.18. The molecule has 160 valence electrons. The van der Waals surface area contributed by atoms with E-state index in [1.165, 1.54) is 19.1 Å². The second kappa shape index (κ2) is 7.80. The van der Waals surface area contributed by atoms with Gasteiger partial charge in [-0.2, -0.15) is 17.6 Å². The summed E-state index contributed by atoms with van der Waals surface area (Å²) in [6.45, 7) is 1.47. The Labute approximate surface area is 174 Å². The molecule has 0 radical (unpaired) electrons. The SMILES string of the molecule is Cc1c(CC(=O)O)c2cc(O)c(Cl)cc2n1C(=O)c1csc(OC(F)(F)C(F)F)c1. The Morgan fingerprint density at radius 3 is 2.57 bits per heavy atom. The third kappa shape index (κ3) is 3.94. The summed E-state index contributed by atoms with van der Waals surface area (Å²) in [6, 6.07) is 3.36. The maximum absolute atomic E-state index is 13.1. The Balaban J connectivity index is 2.09. The third-order valence-electron chi connectivity index (χ3n) is 4.25. The topological polar surface area (TPSA) is 88.8 Å². The number of carboxylic acid groups (broad SMARTS) is 1. The highest BCUT2D eigenvalue weighted by atomic mass is 35.5. The summed E-state index contributed by atoms with van der Waals surface area (Å²) in [5.41, 5.74) is 0.508. The van der Waals surface area contributed by atoms with Crippen LogP contribution in [0.25, 0.3) is 10.9 Å². The zero-order chi connectivity index (χ0) is 22.4. The number of carboxylic acids is 1. The van der Waals surface area contributed by atoms with Crippen LogP contribution in [-0.2, 0) is 11.2 Å². The lowest BCUT2D eigenvalue weighted by Gasteiger charge is -2.14. The van der Waals surface area contributed by atoms with Crippen LogP contribution in [0.3, 0.4) is 0 Å². The predicted octanol–water partition coefficient (Wildman–Crippen LogP) is 4.92. The summed E-state index contributed by atoms with van der Waals surface area (Å²) in [6.07, 6.45) is -9.23. The van der Waals surface area contributed by atoms with E-state index in [9.17, 15) is 32.3 Å². The summed E-state index contributed by atoms with van der Waals surface area (Å²) in [5, 5.41) is 19.7. The molecule has 0 bridgehead atoms. The number of aromatic nitrogens is 1. The van der Waals surface area contributed by atoms with Gasteiger partial charge in [0, 0.05) is 22.5 Å². The van der Waals surface area contributed by atoms with Gasteiger partial charge in [-0.25, -0.2) is 0 Å². The number of alkyl halides is 4. The number of hydrogen-bond acceptors (Lipinski definition) is 5. The molecule has 6 nitrogen and oxygen atoms in total. The van der Waals surface area contributed by atoms with E-state index in [0.29, 0.717) is 11.3 Å². The van der Waals surface area contributed by atoms with Gasteiger partial charge in [0.25, 0.3) is 5.91 Å². The Bertz CT molecular complexity index is 1160. The van der Waals surface area contributed by atoms with E-state index >= 15 is 0 Å². The van der Waals surface area contributed by atoms with Gasteiger partial charge in [-0.1, -0.05) is 11.6 Å². The van der Waals surface area contributed by atoms with E-state index in [1.54, 1.807) is 0 Å². The van der Waals surface area contributed by atoms with Crippen molar-refractivity contribution < 1.29 is 42.1 Å². The van der Waals surface area contributed by atoms with Gasteiger partial charge in [0.05, 0.1) is 22.5 Å². The molecule has 2 aromatic heterocycles. The number of aromatic hydroxyl groups is 1. The average molecular weight is 466 g/mol. The molecule has 0 atom stereocenters. The van der Waals surface area contributed by atoms with Gasteiger partial charge in [0.1, 0.15) is 5.75 Å². The first-order chi connectivity index (χ1) is 13.9. The number of phenolic OH excluding ortho intramolecular Hbond substituents is 1. The fourth-order valence-corrected chi connectivity index (χ4v) is 3.84. The lowest BCUT2D eigenvalue weighted by Crippen LogP contribution is -2.33. The fraction of sp³-hybridized carbons (Fsp3) is 0.222. The molecule has 0 saturated carbocycles. The zero-order valence-corrected chi connectivity index (χ0v) is 16.5. The van der Waals surface area contributed by atoms with E-state index in [2.05, 4.69) is 4.74 Å². The van der Waals surface area contributed by atoms with Crippen LogP contribution in [0.15, 0.2) is 23.6 Å². The van der Waals surface area contributed by atoms with Gasteiger partial charge < -0.3 is 14.9 Å². The van der Waals surface area contributed by atoms with Crippen molar-refractivity contribution in [3.05, 3.63) is 45.4 Å². The van der Waals surface area contributed by atoms with E-state index in [1.807, 2.05) is 0 Å². The highest BCUT2D eigenvalue weighted by molar-refractivity contribution is 7.12. The van der Waals surface area contributed by atoms with Gasteiger partial charge in [-0.15, -0.1) is 11.3 Å². The van der Waals surface area contributed by atoms with Gasteiger partial charge >= 0.3 is 18.5 Å². The number of rotatable bonds is 6. The number of fused-ring (bicyclic) bond motifs is 1. The number of carbonyl (C=O) groups is 2. The van der Waals surface area contributed by atoms with Crippen molar-refractivity contribution in [2.75, 3.05) is 0 Å². The molecule has 0 fully saturated rings. The molecule has 12 heteroatoms. The monoisotopic (exact) mass is 465 g/mol. The molecule has 0 aliphatic heterocycles. The van der Waals surface area contributed by atoms with Crippen molar-refractivity contribution in [2.45, 2.75) is 25.9 Å². The molecular weight excluding hydrogens is 454 g/mol. The van der Waals surface area contributed by atoms with Crippen LogP contribution < -0.4 is 4.74 Å². The largest absolute Gasteiger partial charge is 0.506 e. The van der Waals surface area contributed by atoms with E-state index < -0.39 is 35.9 Å². The van der Waals surface area contributed by atoms with Crippen molar-refractivity contribution in [3.8, 4) is 10.8 Å². The van der Waals surface area contributed by atoms with Crippen LogP contribution in [-0.4, -0.2) is 39.2 Å². The van der Waals surface area contributed by atoms with Crippen LogP contribution in [0.4, 0.5) is 17.6 Å². The van der Waals surface area contributed by atoms with Crippen molar-refractivity contribution in [2.24, 2.45) is 0 Å². The maximum atomic E-state index is 13.1. The molecule has 0 saturated heterocycles. The van der Waals surface area contributed by atoms with Crippen molar-refractivity contribution in [1.82, 2.24) is 4.57 Å². The molecule has 3 rings (SSSR count). The number of nitrogens with zero attached hydrogens (tertiary/aromatic N) is 1. The van der Waals surface area contributed by atoms with Gasteiger partial charge in [0.2, 0.25) is 0 Å². The highest BCUT2D eigenvalue weighted by Gasteiger charge is 2.44. The third-order valence-corrected chi connectivity index (χ3v) is 5.36. The first-order valence-corrected chi connectivity index (χ1v) is 9.40. The minimum Gasteiger partial charge on any atom is -0.506 e. The van der Waals surface area contributed by atoms with Crippen LogP contribution in [0.1, 0.15) is 21.6 Å². The normalized spacial score (nSPS) is 12.0. The Morgan fingerprint density at radius 2 is 1.97 bits per heavy atom. The standard InChI is InChI=1S/C18H12ClF4NO5S/c1-7-9(4-14(26)27)10-3-13(25)11(19)5-12(10)24(7)16(28)8-2-15(30-6-8)29-18(22,23)17(20)21/h2-3,5-6,17,25H,4H2,1H3,(H,26,27). The Kier molecular flexibility index (Phi) is 5.70. The number of aliphatic carboxylic acids is 1. The molecule has 0 aliphatic rings. The minimum absolute atomic E-state index is 0.0955. The molecule has 0 spiro atoms. The van der Waals surface area contributed by atoms with Gasteiger partial charge in [0.15, 0.2) is 5.06 Å². The highest BCUT2D eigenvalue weighted by Crippen LogP contribution is 2.36. The molecular formula is C18H12ClF4NO5S. The number of halogens is 5. The molecule has 3 aromatic rings. The van der Waals surface area contributed by atoms with Crippen LogP contribution in [0.5, 0.6) is 10.8 Å². The van der Waals surface area contributed by atoms with Crippen LogP contribution in [0, 0.1) is 6.92 Å². The molecule has 0 amide bonds. The van der Waals surface area contributed by atoms with Gasteiger partial charge in [-0.3, -0.25) is 14.2 Å². The first kappa shape index (κ1) is 21.9. The molecule has 0 aliphatic carbocycles. The maximum Gasteiger partial charge on any atom is 0.461 e. The van der Waals surface area contributed by atoms with Crippen molar-refractivity contribution in [1.29, 1.82) is 0 Å². The summed E-state index contributed by atoms with van der Waals surface area (Å²) in [7, 11) is 0. The van der Waals surface area contributed by atoms with E-state index in [0.717, 1.165) is 16.0 Å². The quantitative estimate of drug-likeness (QED) is 0.504. The second-order valence-electron chi connectivity index (χ2n) is 6.21. The number of ether oxygens (including phenoxy) is 1. The van der Waals surface area contributed by atoms with E-state index in [-0.39, 0.29) is 38.5 Å². The summed E-state index contributed by atoms with van der Waals surface area (Å²) >= 11 is 6.44. The lowest BCUT2D eigenvalue weighted by atomic mass is 10.1. The number of hydrogen-bond donors (Lipinski definition) is 2. The number of benzene rings is 1. The Hall–Kier alpha value is -2.79. The first-order valence-electron chi connectivity index (χ1n) is 8.14. The number of phenols is 1. The second-order valence-corrected chi connectivity index (χ2v) is 7.50. The number of thiophene rings is 1. The van der Waals surface area contributed by atoms with Crippen molar-refractivity contribution >= 4 is 45.7 Å². The molecule has 0 unspecified atom stereocenters. The minimum atomic E-state index is -4.72. The molecule has 30 heavy (non-hydrogen) atoms. The Morgan fingerprint density at radius 1 is 1.30 bits per heavy atom. The fourth-order valence-electron chi connectivity index (χ4n) is 2.91. The van der Waals surface area contributed by atoms with E-state index in [4.69, 9.17) is 16.7 Å². The lowest BCUT2D eigenvalue weighted by molar-refractivity contribution is -0.251. The van der Waals surface area contributed by atoms with Crippen LogP contribution >= 0.6 is 22.9 Å². The van der Waals surface area contributed by atoms with Crippen molar-refractivity contribution in [3.63, 3.8) is 0 Å². The summed E-state index contributed by atoms with van der Waals surface area (Å²) in [5.74, 6) is -2.25. The summed E-state index contributed by atoms with van der Waals surface area (Å²) < 4.78 is 55.9. The summed E-state index contributed by atoms with van der Waals surface area (Å²) in [4.78, 5) is 24.2. The van der Waals surface area contributed by atoms with Crippen LogP contribution in [0.2, 0.25) is 5.02 Å². The smallest absolute Gasteiger partial charge is 0.461 e. The predicted molar refractivity (Wildman–Crippen MR) is 100 cm³/mol. The number of carbonyl (C=O) groups excluding carboxylic acids is 1. The zero-order valence-electron chi connectivity index (χ0n) is 15.0. The molecule has 1 aromatic carbocycles.